The van der Waals surface area contributed by atoms with Gasteiger partial charge in [-0.3, -0.25) is 4.79 Å². The second-order valence-electron chi connectivity index (χ2n) is 4.47. The van der Waals surface area contributed by atoms with Crippen LogP contribution >= 0.6 is 0 Å². The zero-order valence-corrected chi connectivity index (χ0v) is 10.1. The summed E-state index contributed by atoms with van der Waals surface area (Å²) in [5, 5.41) is 0. The molecular weight excluding hydrogens is 264 g/mol. The summed E-state index contributed by atoms with van der Waals surface area (Å²) >= 11 is 0. The highest BCUT2D eigenvalue weighted by Crippen LogP contribution is 2.32. The normalized spacial score (nSPS) is 12.4. The summed E-state index contributed by atoms with van der Waals surface area (Å²) in [5.41, 5.74) is -1.68. The summed E-state index contributed by atoms with van der Waals surface area (Å²) in [7, 11) is 0. The molecule has 0 bridgehead atoms. The molecule has 0 amide bonds. The van der Waals surface area contributed by atoms with E-state index >= 15 is 0 Å². The van der Waals surface area contributed by atoms with Gasteiger partial charge < -0.3 is 4.98 Å². The third kappa shape index (κ3) is 2.45. The Bertz CT molecular complexity index is 645. The molecule has 3 nitrogen and oxygen atoms in total. The first-order valence-electron chi connectivity index (χ1n) is 5.51. The second-order valence-corrected chi connectivity index (χ2v) is 4.47. The Morgan fingerprint density at radius 1 is 1.26 bits per heavy atom. The molecule has 2 aliphatic rings. The maximum atomic E-state index is 13.4. The Morgan fingerprint density at radius 3 is 2.42 bits per heavy atom. The molecule has 0 aromatic heterocycles. The molecule has 102 valence electrons. The zero-order chi connectivity index (χ0) is 14.4. The van der Waals surface area contributed by atoms with Crippen molar-refractivity contribution in [3.05, 3.63) is 39.6 Å². The third-order valence-electron chi connectivity index (χ3n) is 2.71. The Kier molecular flexibility index (Phi) is 3.07. The Labute approximate surface area is 105 Å². The largest absolute Gasteiger partial charge is 0.434 e. The van der Waals surface area contributed by atoms with Crippen molar-refractivity contribution >= 4 is 0 Å². The number of nitrogens with zero attached hydrogens (tertiary/aromatic N) is 1. The van der Waals surface area contributed by atoms with Gasteiger partial charge >= 0.3 is 6.18 Å². The summed E-state index contributed by atoms with van der Waals surface area (Å²) in [6.07, 6.45) is -4.86. The van der Waals surface area contributed by atoms with Crippen LogP contribution in [0.5, 0.6) is 0 Å². The van der Waals surface area contributed by atoms with Crippen LogP contribution in [0.2, 0.25) is 0 Å². The van der Waals surface area contributed by atoms with Crippen molar-refractivity contribution in [1.29, 1.82) is 0 Å². The summed E-state index contributed by atoms with van der Waals surface area (Å²) in [6.45, 7) is 3.49. The van der Waals surface area contributed by atoms with Gasteiger partial charge in [0.25, 0.3) is 5.56 Å². The molecule has 0 unspecified atom stereocenters. The number of H-pyrrole nitrogens is 1. The molecule has 0 saturated heterocycles. The van der Waals surface area contributed by atoms with Gasteiger partial charge in [-0.15, -0.1) is 0 Å². The van der Waals surface area contributed by atoms with Gasteiger partial charge in [-0.2, -0.15) is 18.2 Å². The number of aromatic nitrogens is 2. The van der Waals surface area contributed by atoms with Crippen LogP contribution in [0.25, 0.3) is 11.4 Å². The highest BCUT2D eigenvalue weighted by molar-refractivity contribution is 5.58. The molecule has 0 atom stereocenters. The van der Waals surface area contributed by atoms with Crippen molar-refractivity contribution in [2.75, 3.05) is 0 Å². The van der Waals surface area contributed by atoms with E-state index in [1.54, 1.807) is 13.8 Å². The maximum Gasteiger partial charge on any atom is 0.434 e. The molecule has 0 aliphatic carbocycles. The summed E-state index contributed by atoms with van der Waals surface area (Å²) in [5.74, 6) is -1.84. The molecule has 19 heavy (non-hydrogen) atoms. The van der Waals surface area contributed by atoms with Crippen molar-refractivity contribution in [2.45, 2.75) is 25.9 Å². The predicted molar refractivity (Wildman–Crippen MR) is 60.5 cm³/mol. The van der Waals surface area contributed by atoms with Gasteiger partial charge in [0.15, 0.2) is 11.5 Å². The highest BCUT2D eigenvalue weighted by Gasteiger charge is 2.36. The molecular formula is C12H10F4N2O. The van der Waals surface area contributed by atoms with Gasteiger partial charge in [-0.1, -0.05) is 13.8 Å². The molecule has 0 spiro atoms. The summed E-state index contributed by atoms with van der Waals surface area (Å²) in [6, 6.07) is 2.09. The number of pyridine rings is 2. The summed E-state index contributed by atoms with van der Waals surface area (Å²) < 4.78 is 50.9. The fourth-order valence-electron chi connectivity index (χ4n) is 1.75. The van der Waals surface area contributed by atoms with E-state index in [2.05, 4.69) is 4.98 Å². The smallest absolute Gasteiger partial charge is 0.333 e. The number of fused-ring (bicyclic) bond motifs is 1. The molecule has 0 aromatic rings. The number of hydrogen-bond donors (Lipinski definition) is 1. The van der Waals surface area contributed by atoms with E-state index < -0.39 is 23.2 Å². The van der Waals surface area contributed by atoms with Crippen LogP contribution in [0.1, 0.15) is 31.0 Å². The summed E-state index contributed by atoms with van der Waals surface area (Å²) in [4.78, 5) is 17.0. The predicted octanol–water partition coefficient (Wildman–Crippen LogP) is 3.16. The average molecular weight is 274 g/mol. The number of nitrogens with one attached hydrogen (secondary N) is 1. The van der Waals surface area contributed by atoms with Crippen LogP contribution in [0.4, 0.5) is 17.6 Å². The van der Waals surface area contributed by atoms with E-state index in [-0.39, 0.29) is 17.3 Å². The van der Waals surface area contributed by atoms with Gasteiger partial charge in [-0.25, -0.2) is 4.39 Å². The van der Waals surface area contributed by atoms with Crippen LogP contribution in [-0.4, -0.2) is 9.97 Å². The van der Waals surface area contributed by atoms with E-state index in [0.717, 1.165) is 6.07 Å². The Morgan fingerprint density at radius 2 is 1.89 bits per heavy atom. The SMILES string of the molecule is CC(C)c1cc2cc(F)c(C(F)(F)F)[nH]c-2nc1=O. The first-order chi connectivity index (χ1) is 8.70. The fraction of sp³-hybridized carbons (Fsp3) is 0.333. The standard InChI is InChI=1S/C12H10F4N2O/c1-5(2)7-3-6-4-8(13)9(12(14,15)16)17-10(6)18-11(7)19/h3-5H,1-2H3,(H,17,18,19). The lowest BCUT2D eigenvalue weighted by molar-refractivity contribution is -0.143. The molecule has 2 heterocycles. The Balaban J connectivity index is 2.74. The lowest BCUT2D eigenvalue weighted by atomic mass is 10.0. The number of rotatable bonds is 1. The van der Waals surface area contributed by atoms with Crippen LogP contribution in [-0.2, 0) is 6.18 Å². The molecule has 0 fully saturated rings. The highest BCUT2D eigenvalue weighted by atomic mass is 19.4. The van der Waals surface area contributed by atoms with E-state index in [0.29, 0.717) is 5.56 Å². The molecule has 0 saturated carbocycles. The maximum absolute atomic E-state index is 13.4. The molecule has 2 aliphatic heterocycles. The number of hydrogen-bond acceptors (Lipinski definition) is 2. The second kappa shape index (κ2) is 4.32. The van der Waals surface area contributed by atoms with Crippen LogP contribution < -0.4 is 5.56 Å². The van der Waals surface area contributed by atoms with E-state index in [1.165, 1.54) is 6.07 Å². The minimum Gasteiger partial charge on any atom is -0.333 e. The monoisotopic (exact) mass is 274 g/mol. The molecule has 7 heteroatoms. The van der Waals surface area contributed by atoms with Gasteiger partial charge in [0.05, 0.1) is 0 Å². The van der Waals surface area contributed by atoms with Gasteiger partial charge in [0, 0.05) is 11.1 Å². The van der Waals surface area contributed by atoms with Crippen molar-refractivity contribution in [3.8, 4) is 11.4 Å². The van der Waals surface area contributed by atoms with E-state index in [1.807, 2.05) is 4.98 Å². The van der Waals surface area contributed by atoms with E-state index in [4.69, 9.17) is 0 Å². The van der Waals surface area contributed by atoms with Gasteiger partial charge in [0.1, 0.15) is 5.82 Å². The molecule has 0 radical (unpaired) electrons. The third-order valence-corrected chi connectivity index (χ3v) is 2.71. The van der Waals surface area contributed by atoms with Crippen molar-refractivity contribution in [3.63, 3.8) is 0 Å². The number of alkyl halides is 3. The molecule has 0 aromatic carbocycles. The zero-order valence-electron chi connectivity index (χ0n) is 10.1. The lowest BCUT2D eigenvalue weighted by Crippen LogP contribution is -2.19. The molecule has 1 N–H and O–H groups in total. The topological polar surface area (TPSA) is 45.8 Å². The number of halogens is 4. The quantitative estimate of drug-likeness (QED) is 0.812. The van der Waals surface area contributed by atoms with Gasteiger partial charge in [0.2, 0.25) is 0 Å². The van der Waals surface area contributed by atoms with E-state index in [9.17, 15) is 22.4 Å². The van der Waals surface area contributed by atoms with Gasteiger partial charge in [-0.05, 0) is 18.1 Å². The van der Waals surface area contributed by atoms with Crippen molar-refractivity contribution in [1.82, 2.24) is 9.97 Å². The van der Waals surface area contributed by atoms with Crippen molar-refractivity contribution in [2.24, 2.45) is 0 Å². The first-order valence-corrected chi connectivity index (χ1v) is 5.51. The average Bonchev–Trinajstić information content (AvgIpc) is 2.26. The fourth-order valence-corrected chi connectivity index (χ4v) is 1.75. The minimum absolute atomic E-state index is 0.133. The number of aromatic amines is 1. The minimum atomic E-state index is -4.86. The van der Waals surface area contributed by atoms with Crippen LogP contribution in [0.15, 0.2) is 16.9 Å². The first kappa shape index (κ1) is 13.5. The molecule has 2 rings (SSSR count). The lowest BCUT2D eigenvalue weighted by Gasteiger charge is -2.13. The van der Waals surface area contributed by atoms with Crippen molar-refractivity contribution < 1.29 is 17.6 Å². The van der Waals surface area contributed by atoms with Crippen LogP contribution in [0, 0.1) is 5.82 Å². The Hall–Kier alpha value is -1.92. The van der Waals surface area contributed by atoms with Crippen LogP contribution in [0.3, 0.4) is 0 Å².